The van der Waals surface area contributed by atoms with Crippen LogP contribution in [0.15, 0.2) is 29.6 Å². The standard InChI is InChI=1S/C15H17ClN6O2S2/c1-15(2,26(24)9-19-21-17)7-11(23)22(3)14-12(16)20-13(25-14)10-5-4-6-18-8-10/h4-6,8H,7,9H2,1-3H3. The lowest BCUT2D eigenvalue weighted by Crippen LogP contribution is -2.37. The first kappa shape index (κ1) is 20.3. The summed E-state index contributed by atoms with van der Waals surface area (Å²) in [4.78, 5) is 25.0. The van der Waals surface area contributed by atoms with E-state index in [2.05, 4.69) is 20.0 Å². The number of amides is 1. The Labute approximate surface area is 162 Å². The van der Waals surface area contributed by atoms with Crippen molar-refractivity contribution in [3.8, 4) is 10.6 Å². The number of thiazole rings is 1. The number of hydrogen-bond donors (Lipinski definition) is 0. The molecule has 0 aliphatic heterocycles. The van der Waals surface area contributed by atoms with Gasteiger partial charge in [0.05, 0.1) is 0 Å². The SMILES string of the molecule is CN(C(=O)CC(C)(C)S(=O)CN=[N+]=[N-])c1sc(-c2cccnc2)nc1Cl. The van der Waals surface area contributed by atoms with Gasteiger partial charge in [-0.3, -0.25) is 14.0 Å². The summed E-state index contributed by atoms with van der Waals surface area (Å²) >= 11 is 7.48. The van der Waals surface area contributed by atoms with E-state index in [-0.39, 0.29) is 23.4 Å². The minimum Gasteiger partial charge on any atom is -0.304 e. The van der Waals surface area contributed by atoms with E-state index in [1.165, 1.54) is 16.2 Å². The molecule has 11 heteroatoms. The van der Waals surface area contributed by atoms with Crippen LogP contribution in [0.1, 0.15) is 20.3 Å². The van der Waals surface area contributed by atoms with Crippen molar-refractivity contribution in [2.24, 2.45) is 5.11 Å². The van der Waals surface area contributed by atoms with Crippen LogP contribution in [0.3, 0.4) is 0 Å². The van der Waals surface area contributed by atoms with Crippen LogP contribution in [-0.2, 0) is 15.6 Å². The first-order valence-electron chi connectivity index (χ1n) is 7.49. The van der Waals surface area contributed by atoms with Gasteiger partial charge >= 0.3 is 0 Å². The second-order valence-corrected chi connectivity index (χ2v) is 9.34. The summed E-state index contributed by atoms with van der Waals surface area (Å²) in [7, 11) is 0.123. The van der Waals surface area contributed by atoms with Crippen molar-refractivity contribution >= 4 is 44.6 Å². The Morgan fingerprint density at radius 3 is 2.88 bits per heavy atom. The molecule has 2 rings (SSSR count). The van der Waals surface area contributed by atoms with Gasteiger partial charge in [-0.2, -0.15) is 0 Å². The Morgan fingerprint density at radius 2 is 2.27 bits per heavy atom. The van der Waals surface area contributed by atoms with Gasteiger partial charge in [-0.15, -0.1) is 0 Å². The molecule has 2 heterocycles. The minimum atomic E-state index is -1.47. The van der Waals surface area contributed by atoms with Crippen LogP contribution in [0.2, 0.25) is 5.15 Å². The molecule has 0 aliphatic rings. The summed E-state index contributed by atoms with van der Waals surface area (Å²) in [5, 5.41) is 4.70. The molecule has 1 amide bonds. The third-order valence-electron chi connectivity index (χ3n) is 3.59. The topological polar surface area (TPSA) is 112 Å². The number of aromatic nitrogens is 2. The molecule has 8 nitrogen and oxygen atoms in total. The number of anilines is 1. The number of nitrogens with zero attached hydrogens (tertiary/aromatic N) is 6. The molecule has 0 aliphatic carbocycles. The minimum absolute atomic E-state index is 0.00745. The highest BCUT2D eigenvalue weighted by atomic mass is 35.5. The van der Waals surface area contributed by atoms with Gasteiger partial charge in [-0.25, -0.2) is 4.98 Å². The summed E-state index contributed by atoms with van der Waals surface area (Å²) in [5.74, 6) is -0.431. The summed E-state index contributed by atoms with van der Waals surface area (Å²) < 4.78 is 11.4. The molecule has 138 valence electrons. The van der Waals surface area contributed by atoms with Crippen LogP contribution < -0.4 is 4.90 Å². The lowest BCUT2D eigenvalue weighted by atomic mass is 10.1. The number of halogens is 1. The molecular formula is C15H17ClN6O2S2. The number of carbonyl (C=O) groups is 1. The van der Waals surface area contributed by atoms with E-state index in [0.717, 1.165) is 5.56 Å². The van der Waals surface area contributed by atoms with Crippen molar-refractivity contribution in [3.05, 3.63) is 40.1 Å². The zero-order valence-corrected chi connectivity index (χ0v) is 16.8. The van der Waals surface area contributed by atoms with E-state index in [1.807, 2.05) is 6.07 Å². The van der Waals surface area contributed by atoms with E-state index in [4.69, 9.17) is 17.1 Å². The van der Waals surface area contributed by atoms with Crippen LogP contribution in [0.25, 0.3) is 21.0 Å². The predicted molar refractivity (Wildman–Crippen MR) is 105 cm³/mol. The second-order valence-electron chi connectivity index (χ2n) is 5.95. The third kappa shape index (κ3) is 4.79. The zero-order valence-electron chi connectivity index (χ0n) is 14.4. The molecule has 0 saturated carbocycles. The highest BCUT2D eigenvalue weighted by molar-refractivity contribution is 7.86. The Kier molecular flexibility index (Phi) is 6.71. The molecule has 0 spiro atoms. The van der Waals surface area contributed by atoms with Gasteiger partial charge in [-0.1, -0.05) is 28.1 Å². The van der Waals surface area contributed by atoms with E-state index < -0.39 is 15.5 Å². The summed E-state index contributed by atoms with van der Waals surface area (Å²) in [6.45, 7) is 3.38. The van der Waals surface area contributed by atoms with Crippen molar-refractivity contribution in [1.82, 2.24) is 9.97 Å². The second kappa shape index (κ2) is 8.59. The molecule has 0 saturated heterocycles. The Balaban J connectivity index is 2.17. The fourth-order valence-electron chi connectivity index (χ4n) is 2.04. The number of carbonyl (C=O) groups excluding carboxylic acids is 1. The molecule has 0 fully saturated rings. The molecule has 1 unspecified atom stereocenters. The zero-order chi connectivity index (χ0) is 19.3. The van der Waals surface area contributed by atoms with E-state index in [0.29, 0.717) is 10.0 Å². The molecule has 0 bridgehead atoms. The number of hydrogen-bond acceptors (Lipinski definition) is 6. The summed E-state index contributed by atoms with van der Waals surface area (Å²) in [6, 6.07) is 3.65. The first-order chi connectivity index (χ1) is 12.3. The van der Waals surface area contributed by atoms with Gasteiger partial charge in [0.1, 0.15) is 15.9 Å². The monoisotopic (exact) mass is 412 g/mol. The molecule has 26 heavy (non-hydrogen) atoms. The molecule has 0 N–H and O–H groups in total. The van der Waals surface area contributed by atoms with Gasteiger partial charge in [0.2, 0.25) is 5.91 Å². The fraction of sp³-hybridized carbons (Fsp3) is 0.400. The normalized spacial score (nSPS) is 12.3. The fourth-order valence-corrected chi connectivity index (χ4v) is 4.14. The predicted octanol–water partition coefficient (Wildman–Crippen LogP) is 4.01. The largest absolute Gasteiger partial charge is 0.304 e. The van der Waals surface area contributed by atoms with E-state index in [9.17, 15) is 9.00 Å². The van der Waals surface area contributed by atoms with E-state index in [1.54, 1.807) is 39.4 Å². The average Bonchev–Trinajstić information content (AvgIpc) is 3.01. The van der Waals surface area contributed by atoms with Crippen molar-refractivity contribution in [2.75, 3.05) is 17.8 Å². The van der Waals surface area contributed by atoms with Crippen LogP contribution in [-0.4, -0.2) is 37.8 Å². The Morgan fingerprint density at radius 1 is 1.54 bits per heavy atom. The van der Waals surface area contributed by atoms with E-state index >= 15 is 0 Å². The van der Waals surface area contributed by atoms with Crippen molar-refractivity contribution in [2.45, 2.75) is 25.0 Å². The maximum Gasteiger partial charge on any atom is 0.228 e. The molecular weight excluding hydrogens is 396 g/mol. The third-order valence-corrected chi connectivity index (χ3v) is 6.87. The Hall–Kier alpha value is -2.00. The Bertz CT molecular complexity index is 864. The van der Waals surface area contributed by atoms with Crippen molar-refractivity contribution < 1.29 is 9.00 Å². The smallest absolute Gasteiger partial charge is 0.228 e. The van der Waals surface area contributed by atoms with Crippen LogP contribution >= 0.6 is 22.9 Å². The van der Waals surface area contributed by atoms with Crippen LogP contribution in [0.5, 0.6) is 0 Å². The number of rotatable bonds is 7. The quantitative estimate of drug-likeness (QED) is 0.388. The van der Waals surface area contributed by atoms with Gasteiger partial charge in [0.15, 0.2) is 5.15 Å². The maximum absolute atomic E-state index is 12.6. The van der Waals surface area contributed by atoms with Gasteiger partial charge in [0, 0.05) is 51.9 Å². The molecule has 2 aromatic heterocycles. The van der Waals surface area contributed by atoms with Gasteiger partial charge in [-0.05, 0) is 31.5 Å². The highest BCUT2D eigenvalue weighted by Gasteiger charge is 2.31. The summed E-state index contributed by atoms with van der Waals surface area (Å²) in [6.07, 6.45) is 3.34. The number of pyridine rings is 1. The molecule has 0 radical (unpaired) electrons. The first-order valence-corrected chi connectivity index (χ1v) is 10.00. The lowest BCUT2D eigenvalue weighted by molar-refractivity contribution is -0.118. The van der Waals surface area contributed by atoms with Crippen molar-refractivity contribution in [1.29, 1.82) is 0 Å². The average molecular weight is 413 g/mol. The highest BCUT2D eigenvalue weighted by Crippen LogP contribution is 2.37. The van der Waals surface area contributed by atoms with Crippen LogP contribution in [0.4, 0.5) is 5.00 Å². The molecule has 1 atom stereocenters. The van der Waals surface area contributed by atoms with Gasteiger partial charge < -0.3 is 4.90 Å². The maximum atomic E-state index is 12.6. The van der Waals surface area contributed by atoms with Crippen molar-refractivity contribution in [3.63, 3.8) is 0 Å². The molecule has 0 aromatic carbocycles. The van der Waals surface area contributed by atoms with Gasteiger partial charge in [0.25, 0.3) is 0 Å². The number of azide groups is 1. The van der Waals surface area contributed by atoms with Crippen LogP contribution in [0, 0.1) is 0 Å². The lowest BCUT2D eigenvalue weighted by Gasteiger charge is -2.25. The summed E-state index contributed by atoms with van der Waals surface area (Å²) in [5.41, 5.74) is 9.16. The molecule has 2 aromatic rings.